The maximum atomic E-state index is 13.0. The highest BCUT2D eigenvalue weighted by Crippen LogP contribution is 2.37. The van der Waals surface area contributed by atoms with Gasteiger partial charge in [0.05, 0.1) is 0 Å². The zero-order valence-corrected chi connectivity index (χ0v) is 10.1. The number of carbonyl (C=O) groups is 1. The predicted molar refractivity (Wildman–Crippen MR) is 59.4 cm³/mol. The molecule has 0 unspecified atom stereocenters. The number of thiazole rings is 1. The van der Waals surface area contributed by atoms with Crippen LogP contribution in [0.3, 0.4) is 0 Å². The van der Waals surface area contributed by atoms with Crippen LogP contribution in [0.2, 0.25) is 0 Å². The molecule has 1 heterocycles. The summed E-state index contributed by atoms with van der Waals surface area (Å²) in [5, 5.41) is 8.37. The summed E-state index contributed by atoms with van der Waals surface area (Å²) in [5.74, 6) is -4.22. The molecule has 0 saturated heterocycles. The van der Waals surface area contributed by atoms with Crippen molar-refractivity contribution in [2.45, 2.75) is 6.18 Å². The first kappa shape index (κ1) is 14.4. The summed E-state index contributed by atoms with van der Waals surface area (Å²) in [6.45, 7) is 0. The highest BCUT2D eigenvalue weighted by Gasteiger charge is 2.39. The van der Waals surface area contributed by atoms with Crippen molar-refractivity contribution in [3.63, 3.8) is 0 Å². The molecule has 0 aliphatic rings. The first-order valence-electron chi connectivity index (χ1n) is 4.97. The van der Waals surface area contributed by atoms with E-state index in [0.29, 0.717) is 6.07 Å². The SMILES string of the molecule is O=C(O)c1sc(-c2ccc(F)c(F)c2)nc1C(F)(F)F. The van der Waals surface area contributed by atoms with Crippen LogP contribution in [0.1, 0.15) is 15.4 Å². The van der Waals surface area contributed by atoms with E-state index in [-0.39, 0.29) is 21.9 Å². The molecular weight excluding hydrogens is 305 g/mol. The number of carboxylic acids is 1. The van der Waals surface area contributed by atoms with Gasteiger partial charge in [-0.05, 0) is 18.2 Å². The van der Waals surface area contributed by atoms with Crippen LogP contribution in [0, 0.1) is 11.6 Å². The number of carboxylic acid groups (broad SMARTS) is 1. The molecule has 0 radical (unpaired) electrons. The third-order valence-corrected chi connectivity index (χ3v) is 3.35. The predicted octanol–water partition coefficient (Wildman–Crippen LogP) is 3.81. The van der Waals surface area contributed by atoms with Crippen molar-refractivity contribution in [3.05, 3.63) is 40.4 Å². The minimum absolute atomic E-state index is 0.133. The molecule has 0 amide bonds. The molecule has 0 fully saturated rings. The summed E-state index contributed by atoms with van der Waals surface area (Å²) in [6.07, 6.45) is -4.94. The second-order valence-corrected chi connectivity index (χ2v) is 4.63. The lowest BCUT2D eigenvalue weighted by atomic mass is 10.2. The molecule has 9 heteroatoms. The Kier molecular flexibility index (Phi) is 3.46. The van der Waals surface area contributed by atoms with Gasteiger partial charge in [-0.15, -0.1) is 11.3 Å². The molecule has 0 aliphatic carbocycles. The fourth-order valence-corrected chi connectivity index (χ4v) is 2.33. The van der Waals surface area contributed by atoms with E-state index in [4.69, 9.17) is 5.11 Å². The molecule has 0 spiro atoms. The molecule has 1 N–H and O–H groups in total. The zero-order valence-electron chi connectivity index (χ0n) is 9.33. The number of aromatic carboxylic acids is 1. The van der Waals surface area contributed by atoms with Crippen LogP contribution in [0.4, 0.5) is 22.0 Å². The van der Waals surface area contributed by atoms with E-state index in [9.17, 15) is 26.7 Å². The molecule has 0 atom stereocenters. The lowest BCUT2D eigenvalue weighted by molar-refractivity contribution is -0.141. The molecule has 2 aromatic rings. The van der Waals surface area contributed by atoms with E-state index < -0.39 is 34.4 Å². The Morgan fingerprint density at radius 2 is 1.85 bits per heavy atom. The summed E-state index contributed by atoms with van der Waals surface area (Å²) >= 11 is 0.242. The summed E-state index contributed by atoms with van der Waals surface area (Å²) in [4.78, 5) is 12.9. The van der Waals surface area contributed by atoms with Crippen LogP contribution in [0.5, 0.6) is 0 Å². The number of hydrogen-bond donors (Lipinski definition) is 1. The lowest BCUT2D eigenvalue weighted by Crippen LogP contribution is -2.11. The van der Waals surface area contributed by atoms with Crippen molar-refractivity contribution >= 4 is 17.3 Å². The standard InChI is InChI=1S/C11H4F5NO2S/c12-5-2-1-4(3-6(5)13)9-17-8(11(14,15)16)7(20-9)10(18)19/h1-3H,(H,18,19). The summed E-state index contributed by atoms with van der Waals surface area (Å²) < 4.78 is 63.7. The van der Waals surface area contributed by atoms with Gasteiger partial charge in [-0.3, -0.25) is 0 Å². The number of rotatable bonds is 2. The Hall–Kier alpha value is -2.03. The topological polar surface area (TPSA) is 50.2 Å². The minimum Gasteiger partial charge on any atom is -0.477 e. The van der Waals surface area contributed by atoms with Gasteiger partial charge in [0.25, 0.3) is 0 Å². The van der Waals surface area contributed by atoms with Crippen molar-refractivity contribution in [2.24, 2.45) is 0 Å². The van der Waals surface area contributed by atoms with Gasteiger partial charge in [-0.25, -0.2) is 18.6 Å². The van der Waals surface area contributed by atoms with Crippen LogP contribution >= 0.6 is 11.3 Å². The van der Waals surface area contributed by atoms with Crippen molar-refractivity contribution in [3.8, 4) is 10.6 Å². The maximum absolute atomic E-state index is 13.0. The van der Waals surface area contributed by atoms with Gasteiger partial charge in [0.2, 0.25) is 0 Å². The summed E-state index contributed by atoms with van der Waals surface area (Å²) in [7, 11) is 0. The number of aromatic nitrogens is 1. The van der Waals surface area contributed by atoms with E-state index in [2.05, 4.69) is 4.98 Å². The highest BCUT2D eigenvalue weighted by molar-refractivity contribution is 7.17. The van der Waals surface area contributed by atoms with Gasteiger partial charge in [0.15, 0.2) is 17.3 Å². The van der Waals surface area contributed by atoms with Crippen LogP contribution < -0.4 is 0 Å². The third kappa shape index (κ3) is 2.62. The van der Waals surface area contributed by atoms with Crippen molar-refractivity contribution < 1.29 is 31.9 Å². The van der Waals surface area contributed by atoms with Gasteiger partial charge in [0.1, 0.15) is 9.88 Å². The largest absolute Gasteiger partial charge is 0.477 e. The van der Waals surface area contributed by atoms with Crippen LogP contribution in [-0.4, -0.2) is 16.1 Å². The summed E-state index contributed by atoms with van der Waals surface area (Å²) in [6, 6.07) is 2.39. The van der Waals surface area contributed by atoms with E-state index in [1.165, 1.54) is 0 Å². The van der Waals surface area contributed by atoms with Crippen molar-refractivity contribution in [1.29, 1.82) is 0 Å². The number of nitrogens with zero attached hydrogens (tertiary/aromatic N) is 1. The molecule has 0 aliphatic heterocycles. The zero-order chi connectivity index (χ0) is 15.1. The van der Waals surface area contributed by atoms with Crippen LogP contribution in [-0.2, 0) is 6.18 Å². The van der Waals surface area contributed by atoms with E-state index >= 15 is 0 Å². The second-order valence-electron chi connectivity index (χ2n) is 3.63. The fraction of sp³-hybridized carbons (Fsp3) is 0.0909. The van der Waals surface area contributed by atoms with Gasteiger partial charge in [-0.2, -0.15) is 13.2 Å². The Bertz CT molecular complexity index is 680. The molecule has 1 aromatic heterocycles. The maximum Gasteiger partial charge on any atom is 0.435 e. The molecule has 1 aromatic carbocycles. The molecule has 3 nitrogen and oxygen atoms in total. The Balaban J connectivity index is 2.58. The molecular formula is C11H4F5NO2S. The highest BCUT2D eigenvalue weighted by atomic mass is 32.1. The molecule has 20 heavy (non-hydrogen) atoms. The molecule has 0 bridgehead atoms. The van der Waals surface area contributed by atoms with E-state index in [1.54, 1.807) is 0 Å². The number of hydrogen-bond acceptors (Lipinski definition) is 3. The van der Waals surface area contributed by atoms with Crippen LogP contribution in [0.25, 0.3) is 10.6 Å². The van der Waals surface area contributed by atoms with Gasteiger partial charge < -0.3 is 5.11 Å². The first-order chi connectivity index (χ1) is 9.20. The van der Waals surface area contributed by atoms with Gasteiger partial charge in [0, 0.05) is 5.56 Å². The normalized spacial score (nSPS) is 11.7. The van der Waals surface area contributed by atoms with Gasteiger partial charge in [-0.1, -0.05) is 0 Å². The van der Waals surface area contributed by atoms with E-state index in [1.807, 2.05) is 0 Å². The molecule has 106 valence electrons. The van der Waals surface area contributed by atoms with Crippen LogP contribution in [0.15, 0.2) is 18.2 Å². The quantitative estimate of drug-likeness (QED) is 0.858. The smallest absolute Gasteiger partial charge is 0.435 e. The molecule has 2 rings (SSSR count). The van der Waals surface area contributed by atoms with E-state index in [0.717, 1.165) is 12.1 Å². The Labute approximate surface area is 112 Å². The monoisotopic (exact) mass is 309 g/mol. The number of alkyl halides is 3. The summed E-state index contributed by atoms with van der Waals surface area (Å²) in [5.41, 5.74) is -1.69. The first-order valence-corrected chi connectivity index (χ1v) is 5.78. The Morgan fingerprint density at radius 1 is 1.20 bits per heavy atom. The number of benzene rings is 1. The fourth-order valence-electron chi connectivity index (χ4n) is 1.41. The lowest BCUT2D eigenvalue weighted by Gasteiger charge is -2.02. The second kappa shape index (κ2) is 4.82. The average molecular weight is 309 g/mol. The Morgan fingerprint density at radius 3 is 2.30 bits per heavy atom. The number of halogens is 5. The molecule has 0 saturated carbocycles. The van der Waals surface area contributed by atoms with Crippen molar-refractivity contribution in [1.82, 2.24) is 4.98 Å². The third-order valence-electron chi connectivity index (χ3n) is 2.26. The average Bonchev–Trinajstić information content (AvgIpc) is 2.77. The minimum atomic E-state index is -4.94. The van der Waals surface area contributed by atoms with Gasteiger partial charge >= 0.3 is 12.1 Å². The van der Waals surface area contributed by atoms with Crippen molar-refractivity contribution in [2.75, 3.05) is 0 Å².